The van der Waals surface area contributed by atoms with Crippen LogP contribution in [-0.2, 0) is 41.6 Å². The summed E-state index contributed by atoms with van der Waals surface area (Å²) in [7, 11) is 0. The van der Waals surface area contributed by atoms with E-state index < -0.39 is 79.1 Å². The van der Waals surface area contributed by atoms with E-state index in [1.165, 1.54) is 36.8 Å². The van der Waals surface area contributed by atoms with E-state index in [-0.39, 0.29) is 18.6 Å². The van der Waals surface area contributed by atoms with Gasteiger partial charge in [-0.2, -0.15) is 0 Å². The lowest BCUT2D eigenvalue weighted by atomic mass is 10.0. The Bertz CT molecular complexity index is 1200. The first-order chi connectivity index (χ1) is 18.8. The molecule has 0 aliphatic carbocycles. The number of benzene rings is 1. The SMILES string of the molecule is NC(CC(=O)O)C(=O)NC(Cc1cnc[nH]1)C(=O)NC(Cc1ccc(O)cc1)C(=O)NC(CCC(=O)O)C(=O)O. The summed E-state index contributed by atoms with van der Waals surface area (Å²) in [6.07, 6.45) is 0.713. The van der Waals surface area contributed by atoms with E-state index in [2.05, 4.69) is 25.9 Å². The molecule has 0 saturated carbocycles. The molecule has 0 aliphatic rings. The smallest absolute Gasteiger partial charge is 0.326 e. The minimum absolute atomic E-state index is 0.0616. The fraction of sp³-hybridized carbons (Fsp3) is 0.375. The second kappa shape index (κ2) is 14.8. The summed E-state index contributed by atoms with van der Waals surface area (Å²) in [6.45, 7) is 0. The Kier molecular flexibility index (Phi) is 11.6. The Morgan fingerprint density at radius 1 is 0.825 bits per heavy atom. The molecule has 16 nitrogen and oxygen atoms in total. The number of hydrogen-bond acceptors (Lipinski definition) is 9. The fourth-order valence-corrected chi connectivity index (χ4v) is 3.53. The maximum absolute atomic E-state index is 13.3. The average molecular weight is 563 g/mol. The van der Waals surface area contributed by atoms with Gasteiger partial charge in [-0.3, -0.25) is 24.0 Å². The number of carboxylic acids is 3. The highest BCUT2D eigenvalue weighted by Gasteiger charge is 2.31. The lowest BCUT2D eigenvalue weighted by molar-refractivity contribution is -0.143. The van der Waals surface area contributed by atoms with Crippen molar-refractivity contribution in [3.8, 4) is 5.75 Å². The number of hydrogen-bond donors (Lipinski definition) is 9. The van der Waals surface area contributed by atoms with Crippen LogP contribution < -0.4 is 21.7 Å². The van der Waals surface area contributed by atoms with Crippen LogP contribution in [-0.4, -0.2) is 90.2 Å². The number of nitrogens with zero attached hydrogens (tertiary/aromatic N) is 1. The Balaban J connectivity index is 2.29. The zero-order valence-electron chi connectivity index (χ0n) is 21.1. The molecular formula is C24H30N6O10. The third kappa shape index (κ3) is 10.4. The molecule has 1 aromatic heterocycles. The molecule has 0 fully saturated rings. The van der Waals surface area contributed by atoms with Gasteiger partial charge in [0.2, 0.25) is 17.7 Å². The summed E-state index contributed by atoms with van der Waals surface area (Å²) in [5.41, 5.74) is 6.48. The number of aromatic amines is 1. The highest BCUT2D eigenvalue weighted by atomic mass is 16.4. The van der Waals surface area contributed by atoms with E-state index in [1.54, 1.807) is 0 Å². The largest absolute Gasteiger partial charge is 0.508 e. The van der Waals surface area contributed by atoms with Crippen molar-refractivity contribution in [1.82, 2.24) is 25.9 Å². The van der Waals surface area contributed by atoms with Crippen LogP contribution in [0.5, 0.6) is 5.75 Å². The zero-order chi connectivity index (χ0) is 29.8. The molecule has 1 aromatic carbocycles. The molecular weight excluding hydrogens is 532 g/mol. The van der Waals surface area contributed by atoms with Crippen LogP contribution in [0.4, 0.5) is 0 Å². The molecule has 40 heavy (non-hydrogen) atoms. The van der Waals surface area contributed by atoms with E-state index in [9.17, 15) is 39.0 Å². The summed E-state index contributed by atoms with van der Waals surface area (Å²) in [6, 6.07) is -0.198. The van der Waals surface area contributed by atoms with Crippen molar-refractivity contribution in [2.45, 2.75) is 56.3 Å². The van der Waals surface area contributed by atoms with Gasteiger partial charge < -0.3 is 47.1 Å². The molecule has 0 bridgehead atoms. The van der Waals surface area contributed by atoms with E-state index in [0.717, 1.165) is 0 Å². The van der Waals surface area contributed by atoms with Gasteiger partial charge in [0.15, 0.2) is 0 Å². The molecule has 0 saturated heterocycles. The lowest BCUT2D eigenvalue weighted by Gasteiger charge is -2.25. The number of rotatable bonds is 16. The summed E-state index contributed by atoms with van der Waals surface area (Å²) in [4.78, 5) is 79.0. The van der Waals surface area contributed by atoms with Crippen molar-refractivity contribution in [1.29, 1.82) is 0 Å². The van der Waals surface area contributed by atoms with Gasteiger partial charge in [-0.05, 0) is 24.1 Å². The minimum atomic E-state index is -1.57. The number of carbonyl (C=O) groups is 6. The third-order valence-corrected chi connectivity index (χ3v) is 5.61. The number of H-pyrrole nitrogens is 1. The molecule has 3 amide bonds. The number of aliphatic carboxylic acids is 3. The van der Waals surface area contributed by atoms with Crippen LogP contribution in [0.2, 0.25) is 0 Å². The summed E-state index contributed by atoms with van der Waals surface area (Å²) in [5, 5.41) is 43.8. The van der Waals surface area contributed by atoms with Crippen LogP contribution in [0, 0.1) is 0 Å². The number of amides is 3. The molecule has 0 spiro atoms. The second-order valence-corrected chi connectivity index (χ2v) is 8.81. The number of nitrogens with one attached hydrogen (secondary N) is 4. The number of phenols is 1. The van der Waals surface area contributed by atoms with Crippen molar-refractivity contribution < 1.29 is 49.2 Å². The fourth-order valence-electron chi connectivity index (χ4n) is 3.53. The van der Waals surface area contributed by atoms with Gasteiger partial charge in [0.05, 0.1) is 18.8 Å². The van der Waals surface area contributed by atoms with Gasteiger partial charge in [0.1, 0.15) is 23.9 Å². The standard InChI is InChI=1S/C24H30N6O10/c25-15(9-20(34)35)21(36)29-18(8-13-10-26-11-27-13)23(38)30-17(7-12-1-3-14(31)4-2-12)22(37)28-16(24(39)40)5-6-19(32)33/h1-4,10-11,15-18,31H,5-9,25H2,(H,26,27)(H,28,37)(H,29,36)(H,30,38)(H,32,33)(H,34,35)(H,39,40). The highest BCUT2D eigenvalue weighted by molar-refractivity contribution is 5.95. The van der Waals surface area contributed by atoms with Gasteiger partial charge in [-0.15, -0.1) is 0 Å². The maximum atomic E-state index is 13.3. The first-order valence-electron chi connectivity index (χ1n) is 11.9. The Morgan fingerprint density at radius 2 is 1.40 bits per heavy atom. The minimum Gasteiger partial charge on any atom is -0.508 e. The lowest BCUT2D eigenvalue weighted by Crippen LogP contribution is -2.58. The van der Waals surface area contributed by atoms with E-state index in [0.29, 0.717) is 11.3 Å². The van der Waals surface area contributed by atoms with Gasteiger partial charge in [0, 0.05) is 31.2 Å². The van der Waals surface area contributed by atoms with E-state index >= 15 is 0 Å². The molecule has 0 radical (unpaired) electrons. The van der Waals surface area contributed by atoms with Crippen molar-refractivity contribution in [3.63, 3.8) is 0 Å². The second-order valence-electron chi connectivity index (χ2n) is 8.81. The van der Waals surface area contributed by atoms with Crippen LogP contribution in [0.25, 0.3) is 0 Å². The number of phenolic OH excluding ortho intramolecular Hbond substituents is 1. The molecule has 4 unspecified atom stereocenters. The van der Waals surface area contributed by atoms with Crippen molar-refractivity contribution in [2.24, 2.45) is 5.73 Å². The maximum Gasteiger partial charge on any atom is 0.326 e. The summed E-state index contributed by atoms with van der Waals surface area (Å²) < 4.78 is 0. The molecule has 10 N–H and O–H groups in total. The number of aromatic nitrogens is 2. The molecule has 0 aliphatic heterocycles. The molecule has 216 valence electrons. The van der Waals surface area contributed by atoms with Crippen LogP contribution >= 0.6 is 0 Å². The molecule has 2 rings (SSSR count). The first kappa shape index (κ1) is 31.2. The number of carbonyl (C=O) groups excluding carboxylic acids is 3. The van der Waals surface area contributed by atoms with Crippen LogP contribution in [0.3, 0.4) is 0 Å². The molecule has 1 heterocycles. The van der Waals surface area contributed by atoms with Gasteiger partial charge in [0.25, 0.3) is 0 Å². The molecule has 16 heteroatoms. The van der Waals surface area contributed by atoms with Crippen molar-refractivity contribution in [3.05, 3.63) is 48.0 Å². The average Bonchev–Trinajstić information content (AvgIpc) is 3.39. The number of aromatic hydroxyl groups is 1. The predicted molar refractivity (Wildman–Crippen MR) is 135 cm³/mol. The van der Waals surface area contributed by atoms with Gasteiger partial charge in [-0.25, -0.2) is 9.78 Å². The van der Waals surface area contributed by atoms with E-state index in [4.69, 9.17) is 15.9 Å². The summed E-state index contributed by atoms with van der Waals surface area (Å²) >= 11 is 0. The Hall–Kier alpha value is -4.99. The number of imidazole rings is 1. The van der Waals surface area contributed by atoms with Crippen molar-refractivity contribution in [2.75, 3.05) is 0 Å². The van der Waals surface area contributed by atoms with Crippen molar-refractivity contribution >= 4 is 35.6 Å². The molecule has 4 atom stereocenters. The first-order valence-corrected chi connectivity index (χ1v) is 11.9. The van der Waals surface area contributed by atoms with Crippen LogP contribution in [0.1, 0.15) is 30.5 Å². The van der Waals surface area contributed by atoms with Crippen LogP contribution in [0.15, 0.2) is 36.8 Å². The van der Waals surface area contributed by atoms with Gasteiger partial charge in [-0.1, -0.05) is 12.1 Å². The number of nitrogens with two attached hydrogens (primary N) is 1. The highest BCUT2D eigenvalue weighted by Crippen LogP contribution is 2.12. The van der Waals surface area contributed by atoms with Gasteiger partial charge >= 0.3 is 17.9 Å². The topological polar surface area (TPSA) is 274 Å². The van der Waals surface area contributed by atoms with E-state index in [1.807, 2.05) is 0 Å². The predicted octanol–water partition coefficient (Wildman–Crippen LogP) is -1.89. The summed E-state index contributed by atoms with van der Waals surface area (Å²) in [5.74, 6) is -6.93. The monoisotopic (exact) mass is 562 g/mol. The zero-order valence-corrected chi connectivity index (χ0v) is 21.1. The quantitative estimate of drug-likeness (QED) is 0.109. The Morgan fingerprint density at radius 3 is 1.93 bits per heavy atom. The normalized spacial score (nSPS) is 13.7. The third-order valence-electron chi connectivity index (χ3n) is 5.61. The molecule has 2 aromatic rings. The number of carboxylic acid groups (broad SMARTS) is 3. The Labute approximate surface area is 227 Å².